The number of allylic oxidation sites excluding steroid dienone is 2. The first-order chi connectivity index (χ1) is 17.9. The molecule has 0 aliphatic carbocycles. The van der Waals surface area contributed by atoms with Gasteiger partial charge < -0.3 is 9.47 Å². The Kier molecular flexibility index (Phi) is 7.98. The molecule has 0 aliphatic heterocycles. The molecule has 0 aromatic heterocycles. The monoisotopic (exact) mass is 488 g/mol. The Balaban J connectivity index is 1.74. The van der Waals surface area contributed by atoms with E-state index in [1.807, 2.05) is 36.4 Å². The number of rotatable bonds is 10. The standard InChI is InChI=1S/C35H36O2/c1-7-9-27-23-29(15-21-33(27)25-11-17-31(36-5)18-12-25)35(3,4)30-16-22-34(28(24-30)10-8-2)26-13-19-32(37-6)20-14-26/h7-8,11-24H,1-2,9-10H2,3-6H3. The summed E-state index contributed by atoms with van der Waals surface area (Å²) < 4.78 is 10.7. The van der Waals surface area contributed by atoms with Gasteiger partial charge in [-0.2, -0.15) is 0 Å². The van der Waals surface area contributed by atoms with Gasteiger partial charge in [-0.3, -0.25) is 0 Å². The van der Waals surface area contributed by atoms with E-state index < -0.39 is 0 Å². The molecule has 2 heteroatoms. The quantitative estimate of drug-likeness (QED) is 0.208. The lowest BCUT2D eigenvalue weighted by Crippen LogP contribution is -2.19. The average molecular weight is 489 g/mol. The second-order valence-electron chi connectivity index (χ2n) is 9.81. The summed E-state index contributed by atoms with van der Waals surface area (Å²) in [5, 5.41) is 0. The number of hydrogen-bond donors (Lipinski definition) is 0. The van der Waals surface area contributed by atoms with E-state index in [-0.39, 0.29) is 5.41 Å². The van der Waals surface area contributed by atoms with E-state index in [0.29, 0.717) is 0 Å². The summed E-state index contributed by atoms with van der Waals surface area (Å²) in [6, 6.07) is 30.2. The average Bonchev–Trinajstić information content (AvgIpc) is 2.93. The lowest BCUT2D eigenvalue weighted by molar-refractivity contribution is 0.415. The Morgan fingerprint density at radius 1 is 0.595 bits per heavy atom. The summed E-state index contributed by atoms with van der Waals surface area (Å²) in [6.45, 7) is 12.6. The van der Waals surface area contributed by atoms with Crippen LogP contribution in [0, 0.1) is 0 Å². The molecular formula is C35H36O2. The van der Waals surface area contributed by atoms with E-state index >= 15 is 0 Å². The molecular weight excluding hydrogens is 452 g/mol. The van der Waals surface area contributed by atoms with Gasteiger partial charge >= 0.3 is 0 Å². The maximum absolute atomic E-state index is 5.34. The maximum atomic E-state index is 5.34. The summed E-state index contributed by atoms with van der Waals surface area (Å²) >= 11 is 0. The van der Waals surface area contributed by atoms with Crippen LogP contribution in [-0.2, 0) is 18.3 Å². The minimum absolute atomic E-state index is 0.178. The van der Waals surface area contributed by atoms with Crippen molar-refractivity contribution in [2.24, 2.45) is 0 Å². The lowest BCUT2D eigenvalue weighted by Gasteiger charge is -2.28. The Bertz CT molecular complexity index is 1270. The van der Waals surface area contributed by atoms with Gasteiger partial charge in [0.05, 0.1) is 14.2 Å². The molecule has 0 amide bonds. The first-order valence-corrected chi connectivity index (χ1v) is 12.7. The Hall–Kier alpha value is -4.04. The van der Waals surface area contributed by atoms with Crippen LogP contribution < -0.4 is 9.47 Å². The van der Waals surface area contributed by atoms with Gasteiger partial charge in [-0.15, -0.1) is 13.2 Å². The van der Waals surface area contributed by atoms with Gasteiger partial charge in [0.25, 0.3) is 0 Å². The van der Waals surface area contributed by atoms with Crippen LogP contribution >= 0.6 is 0 Å². The van der Waals surface area contributed by atoms with Gasteiger partial charge in [0, 0.05) is 5.41 Å². The molecule has 0 heterocycles. The van der Waals surface area contributed by atoms with Crippen molar-refractivity contribution in [1.29, 1.82) is 0 Å². The first-order valence-electron chi connectivity index (χ1n) is 12.7. The van der Waals surface area contributed by atoms with Crippen LogP contribution in [0.3, 0.4) is 0 Å². The highest BCUT2D eigenvalue weighted by Crippen LogP contribution is 2.38. The van der Waals surface area contributed by atoms with Crippen LogP contribution in [0.15, 0.2) is 110 Å². The molecule has 4 aromatic carbocycles. The third-order valence-electron chi connectivity index (χ3n) is 7.18. The molecule has 0 aliphatic rings. The fourth-order valence-corrected chi connectivity index (χ4v) is 4.88. The molecule has 2 nitrogen and oxygen atoms in total. The van der Waals surface area contributed by atoms with E-state index in [0.717, 1.165) is 24.3 Å². The fourth-order valence-electron chi connectivity index (χ4n) is 4.88. The summed E-state index contributed by atoms with van der Waals surface area (Å²) in [7, 11) is 3.39. The van der Waals surface area contributed by atoms with Crippen molar-refractivity contribution in [3.8, 4) is 33.8 Å². The second kappa shape index (κ2) is 11.3. The van der Waals surface area contributed by atoms with E-state index in [2.05, 4.69) is 87.7 Å². The summed E-state index contributed by atoms with van der Waals surface area (Å²) in [5.41, 5.74) is 9.74. The molecule has 0 saturated carbocycles. The molecule has 0 N–H and O–H groups in total. The Morgan fingerprint density at radius 3 is 1.30 bits per heavy atom. The van der Waals surface area contributed by atoms with Crippen molar-refractivity contribution < 1.29 is 9.47 Å². The van der Waals surface area contributed by atoms with Gasteiger partial charge in [0.15, 0.2) is 0 Å². The van der Waals surface area contributed by atoms with Gasteiger partial charge in [-0.05, 0) is 81.6 Å². The molecule has 0 bridgehead atoms. The SMILES string of the molecule is C=CCc1cc(C(C)(C)c2ccc(-c3ccc(OC)cc3)c(CC=C)c2)ccc1-c1ccc(OC)cc1. The highest BCUT2D eigenvalue weighted by molar-refractivity contribution is 5.71. The topological polar surface area (TPSA) is 18.5 Å². The van der Waals surface area contributed by atoms with E-state index in [1.54, 1.807) is 14.2 Å². The predicted molar refractivity (Wildman–Crippen MR) is 157 cm³/mol. The zero-order valence-corrected chi connectivity index (χ0v) is 22.4. The number of hydrogen-bond acceptors (Lipinski definition) is 2. The van der Waals surface area contributed by atoms with Crippen LogP contribution in [0.25, 0.3) is 22.3 Å². The van der Waals surface area contributed by atoms with Crippen molar-refractivity contribution >= 4 is 0 Å². The molecule has 4 aromatic rings. The smallest absolute Gasteiger partial charge is 0.118 e. The van der Waals surface area contributed by atoms with Crippen LogP contribution in [0.2, 0.25) is 0 Å². The minimum Gasteiger partial charge on any atom is -0.497 e. The molecule has 0 unspecified atom stereocenters. The van der Waals surface area contributed by atoms with Gasteiger partial charge in [-0.25, -0.2) is 0 Å². The van der Waals surface area contributed by atoms with Gasteiger partial charge in [0.2, 0.25) is 0 Å². The van der Waals surface area contributed by atoms with Crippen LogP contribution in [0.5, 0.6) is 11.5 Å². The summed E-state index contributed by atoms with van der Waals surface area (Å²) in [4.78, 5) is 0. The molecule has 0 atom stereocenters. The summed E-state index contributed by atoms with van der Waals surface area (Å²) in [5.74, 6) is 1.72. The van der Waals surface area contributed by atoms with Crippen molar-refractivity contribution in [3.05, 3.63) is 132 Å². The van der Waals surface area contributed by atoms with Crippen LogP contribution in [-0.4, -0.2) is 14.2 Å². The normalized spacial score (nSPS) is 11.1. The summed E-state index contributed by atoms with van der Waals surface area (Å²) in [6.07, 6.45) is 5.57. The zero-order chi connectivity index (χ0) is 26.4. The second-order valence-corrected chi connectivity index (χ2v) is 9.81. The highest BCUT2D eigenvalue weighted by Gasteiger charge is 2.25. The molecule has 37 heavy (non-hydrogen) atoms. The van der Waals surface area contributed by atoms with E-state index in [1.165, 1.54) is 44.5 Å². The molecule has 0 spiro atoms. The predicted octanol–water partition coefficient (Wildman–Crippen LogP) is 8.82. The number of benzene rings is 4. The molecule has 0 saturated heterocycles. The third kappa shape index (κ3) is 5.54. The van der Waals surface area contributed by atoms with Crippen LogP contribution in [0.1, 0.15) is 36.1 Å². The first kappa shape index (κ1) is 26.0. The van der Waals surface area contributed by atoms with Gasteiger partial charge in [0.1, 0.15) is 11.5 Å². The highest BCUT2D eigenvalue weighted by atomic mass is 16.5. The number of ether oxygens (including phenoxy) is 2. The fraction of sp³-hybridized carbons (Fsp3) is 0.200. The molecule has 0 radical (unpaired) electrons. The van der Waals surface area contributed by atoms with Crippen molar-refractivity contribution in [3.63, 3.8) is 0 Å². The Morgan fingerprint density at radius 2 is 0.973 bits per heavy atom. The third-order valence-corrected chi connectivity index (χ3v) is 7.18. The molecule has 188 valence electrons. The van der Waals surface area contributed by atoms with Crippen LogP contribution in [0.4, 0.5) is 0 Å². The number of methoxy groups -OCH3 is 2. The van der Waals surface area contributed by atoms with E-state index in [4.69, 9.17) is 9.47 Å². The molecule has 4 rings (SSSR count). The maximum Gasteiger partial charge on any atom is 0.118 e. The zero-order valence-electron chi connectivity index (χ0n) is 22.4. The largest absolute Gasteiger partial charge is 0.497 e. The van der Waals surface area contributed by atoms with E-state index in [9.17, 15) is 0 Å². The Labute approximate surface area is 221 Å². The van der Waals surface area contributed by atoms with Crippen molar-refractivity contribution in [1.82, 2.24) is 0 Å². The minimum atomic E-state index is -0.178. The molecule has 0 fully saturated rings. The van der Waals surface area contributed by atoms with Crippen molar-refractivity contribution in [2.75, 3.05) is 14.2 Å². The van der Waals surface area contributed by atoms with Crippen molar-refractivity contribution in [2.45, 2.75) is 32.1 Å². The van der Waals surface area contributed by atoms with Gasteiger partial charge in [-0.1, -0.05) is 86.7 Å². The lowest BCUT2D eigenvalue weighted by atomic mass is 9.75.